The maximum absolute atomic E-state index is 12.4. The Hall–Kier alpha value is -3.12. The number of nitrogens with one attached hydrogen (secondary N) is 1. The first-order chi connectivity index (χ1) is 14.0. The minimum Gasteiger partial charge on any atom is -0.507 e. The number of rotatable bonds is 4. The van der Waals surface area contributed by atoms with Gasteiger partial charge in [0.2, 0.25) is 0 Å². The van der Waals surface area contributed by atoms with Gasteiger partial charge >= 0.3 is 0 Å². The third kappa shape index (κ3) is 3.63. The normalized spacial score (nSPS) is 14.0. The van der Waals surface area contributed by atoms with E-state index in [1.54, 1.807) is 13.3 Å². The van der Waals surface area contributed by atoms with E-state index in [2.05, 4.69) is 26.2 Å². The average Bonchev–Trinajstić information content (AvgIpc) is 3.03. The van der Waals surface area contributed by atoms with E-state index < -0.39 is 0 Å². The first-order valence-electron chi connectivity index (χ1n) is 9.11. The lowest BCUT2D eigenvalue weighted by molar-refractivity contribution is -0.110. The molecule has 1 aliphatic heterocycles. The molecular formula is C23H19BrN2O3. The number of fused-ring (bicyclic) bond motifs is 1. The van der Waals surface area contributed by atoms with Gasteiger partial charge in [-0.2, -0.15) is 0 Å². The first-order valence-corrected chi connectivity index (χ1v) is 9.90. The minimum atomic E-state index is -0.161. The van der Waals surface area contributed by atoms with Crippen molar-refractivity contribution in [2.24, 2.45) is 0 Å². The van der Waals surface area contributed by atoms with Crippen molar-refractivity contribution in [2.75, 3.05) is 12.4 Å². The highest BCUT2D eigenvalue weighted by atomic mass is 79.9. The fourth-order valence-electron chi connectivity index (χ4n) is 3.51. The summed E-state index contributed by atoms with van der Waals surface area (Å²) >= 11 is 3.41. The number of amides is 1. The van der Waals surface area contributed by atoms with Crippen LogP contribution < -0.4 is 10.1 Å². The molecule has 6 heteroatoms. The van der Waals surface area contributed by atoms with Crippen molar-refractivity contribution < 1.29 is 14.6 Å². The van der Waals surface area contributed by atoms with Gasteiger partial charge in [0.15, 0.2) is 0 Å². The molecule has 0 fully saturated rings. The molecule has 0 spiro atoms. The van der Waals surface area contributed by atoms with Gasteiger partial charge in [-0.25, -0.2) is 4.98 Å². The minimum absolute atomic E-state index is 0.161. The summed E-state index contributed by atoms with van der Waals surface area (Å²) in [6.45, 7) is 1.86. The number of aromatic nitrogens is 1. The van der Waals surface area contributed by atoms with Crippen LogP contribution in [0, 0.1) is 6.92 Å². The number of nitrogens with zero attached hydrogens (tertiary/aromatic N) is 1. The lowest BCUT2D eigenvalue weighted by Crippen LogP contribution is -2.04. The number of ether oxygens (including phenoxy) is 1. The molecule has 0 saturated heterocycles. The van der Waals surface area contributed by atoms with Gasteiger partial charge in [-0.3, -0.25) is 4.79 Å². The monoisotopic (exact) mass is 450 g/mol. The van der Waals surface area contributed by atoms with Crippen LogP contribution in [0.4, 0.5) is 5.82 Å². The summed E-state index contributed by atoms with van der Waals surface area (Å²) in [6, 6.07) is 13.3. The molecule has 1 aromatic heterocycles. The summed E-state index contributed by atoms with van der Waals surface area (Å²) < 4.78 is 6.27. The maximum atomic E-state index is 12.4. The second-order valence-electron chi connectivity index (χ2n) is 6.83. The van der Waals surface area contributed by atoms with E-state index in [0.29, 0.717) is 29.1 Å². The number of aryl methyl sites for hydroxylation is 1. The summed E-state index contributed by atoms with van der Waals surface area (Å²) in [6.07, 6.45) is 4.09. The zero-order valence-corrected chi connectivity index (χ0v) is 17.6. The van der Waals surface area contributed by atoms with Gasteiger partial charge in [0.1, 0.15) is 17.3 Å². The quantitative estimate of drug-likeness (QED) is 0.541. The van der Waals surface area contributed by atoms with E-state index in [1.807, 2.05) is 55.5 Å². The molecular weight excluding hydrogens is 432 g/mol. The number of carbonyl (C=O) groups is 1. The van der Waals surface area contributed by atoms with Gasteiger partial charge in [-0.15, -0.1) is 0 Å². The Morgan fingerprint density at radius 3 is 2.76 bits per heavy atom. The van der Waals surface area contributed by atoms with Crippen LogP contribution in [0.15, 0.2) is 59.2 Å². The van der Waals surface area contributed by atoms with Crippen molar-refractivity contribution in [2.45, 2.75) is 13.3 Å². The Balaban J connectivity index is 1.73. The summed E-state index contributed by atoms with van der Waals surface area (Å²) in [5.74, 6) is 1.33. The number of anilines is 1. The molecule has 0 aliphatic carbocycles. The molecule has 1 amide bonds. The van der Waals surface area contributed by atoms with Crippen molar-refractivity contribution in [3.63, 3.8) is 0 Å². The third-order valence-corrected chi connectivity index (χ3v) is 5.35. The number of carbonyl (C=O) groups excluding carboxylic acids is 1. The second-order valence-corrected chi connectivity index (χ2v) is 7.75. The van der Waals surface area contributed by atoms with Gasteiger partial charge in [0.25, 0.3) is 5.91 Å². The standard InChI is InChI=1S/C23H19BrN2O3/c1-13-9-14(10-18(21(13)27)16-5-3-4-6-20(16)29-2)7-8-17-19-11-15(24)12-25-22(19)26-23(17)28/h3-6,8-12,27H,7H2,1-2H3,(H,25,26,28)/b17-8-. The van der Waals surface area contributed by atoms with Crippen molar-refractivity contribution in [3.05, 3.63) is 75.9 Å². The van der Waals surface area contributed by atoms with Crippen LogP contribution in [-0.2, 0) is 11.2 Å². The summed E-state index contributed by atoms with van der Waals surface area (Å²) in [5, 5.41) is 13.4. The van der Waals surface area contributed by atoms with Crippen LogP contribution in [0.25, 0.3) is 16.7 Å². The molecule has 0 unspecified atom stereocenters. The number of phenolic OH excluding ortho intramolecular Hbond substituents is 1. The molecule has 0 bridgehead atoms. The van der Waals surface area contributed by atoms with Crippen LogP contribution >= 0.6 is 15.9 Å². The van der Waals surface area contributed by atoms with Crippen LogP contribution in [0.5, 0.6) is 11.5 Å². The maximum Gasteiger partial charge on any atom is 0.257 e. The lowest BCUT2D eigenvalue weighted by Gasteiger charge is -2.13. The topological polar surface area (TPSA) is 71.5 Å². The van der Waals surface area contributed by atoms with Crippen LogP contribution in [-0.4, -0.2) is 23.1 Å². The molecule has 3 aromatic rings. The number of hydrogen-bond acceptors (Lipinski definition) is 4. The Kier molecular flexibility index (Phi) is 5.11. The molecule has 2 N–H and O–H groups in total. The highest BCUT2D eigenvalue weighted by Crippen LogP contribution is 2.39. The van der Waals surface area contributed by atoms with E-state index in [0.717, 1.165) is 26.7 Å². The molecule has 0 radical (unpaired) electrons. The van der Waals surface area contributed by atoms with Crippen LogP contribution in [0.2, 0.25) is 0 Å². The molecule has 1 aliphatic rings. The summed E-state index contributed by atoms with van der Waals surface area (Å²) in [4.78, 5) is 16.6. The van der Waals surface area contributed by atoms with E-state index in [4.69, 9.17) is 4.74 Å². The number of para-hydroxylation sites is 1. The number of methoxy groups -OCH3 is 1. The highest BCUT2D eigenvalue weighted by Gasteiger charge is 2.25. The molecule has 4 rings (SSSR count). The Morgan fingerprint density at radius 2 is 1.97 bits per heavy atom. The van der Waals surface area contributed by atoms with E-state index >= 15 is 0 Å². The smallest absolute Gasteiger partial charge is 0.257 e. The highest BCUT2D eigenvalue weighted by molar-refractivity contribution is 9.10. The fraction of sp³-hybridized carbons (Fsp3) is 0.130. The van der Waals surface area contributed by atoms with Crippen molar-refractivity contribution in [1.82, 2.24) is 4.98 Å². The Morgan fingerprint density at radius 1 is 1.17 bits per heavy atom. The number of phenols is 1. The SMILES string of the molecule is COc1ccccc1-c1cc(C/C=C2\C(=O)Nc3ncc(Br)cc32)cc(C)c1O. The summed E-state index contributed by atoms with van der Waals surface area (Å²) in [7, 11) is 1.61. The predicted octanol–water partition coefficient (Wildman–Crippen LogP) is 5.11. The van der Waals surface area contributed by atoms with Crippen molar-refractivity contribution in [1.29, 1.82) is 0 Å². The largest absolute Gasteiger partial charge is 0.507 e. The van der Waals surface area contributed by atoms with Gasteiger partial charge < -0.3 is 15.2 Å². The van der Waals surface area contributed by atoms with Gasteiger partial charge in [0, 0.05) is 32.9 Å². The zero-order chi connectivity index (χ0) is 20.5. The van der Waals surface area contributed by atoms with Crippen LogP contribution in [0.3, 0.4) is 0 Å². The lowest BCUT2D eigenvalue weighted by atomic mass is 9.96. The van der Waals surface area contributed by atoms with Gasteiger partial charge in [-0.05, 0) is 58.6 Å². The third-order valence-electron chi connectivity index (χ3n) is 4.92. The molecule has 0 saturated carbocycles. The second kappa shape index (κ2) is 7.72. The molecule has 29 heavy (non-hydrogen) atoms. The Bertz CT molecular complexity index is 1150. The molecule has 146 valence electrons. The Labute approximate surface area is 177 Å². The number of pyridine rings is 1. The summed E-state index contributed by atoms with van der Waals surface area (Å²) in [5.41, 5.74) is 4.65. The molecule has 2 aromatic carbocycles. The number of benzene rings is 2. The number of halogens is 1. The van der Waals surface area contributed by atoms with Crippen LogP contribution in [0.1, 0.15) is 16.7 Å². The van der Waals surface area contributed by atoms with E-state index in [1.165, 1.54) is 0 Å². The first kappa shape index (κ1) is 19.2. The number of aromatic hydroxyl groups is 1. The van der Waals surface area contributed by atoms with E-state index in [9.17, 15) is 9.90 Å². The molecule has 0 atom stereocenters. The van der Waals surface area contributed by atoms with Gasteiger partial charge in [0.05, 0.1) is 7.11 Å². The van der Waals surface area contributed by atoms with Crippen molar-refractivity contribution in [3.8, 4) is 22.6 Å². The number of hydrogen-bond donors (Lipinski definition) is 2. The van der Waals surface area contributed by atoms with E-state index in [-0.39, 0.29) is 11.7 Å². The molecule has 5 nitrogen and oxygen atoms in total. The van der Waals surface area contributed by atoms with Crippen molar-refractivity contribution >= 4 is 33.2 Å². The van der Waals surface area contributed by atoms with Gasteiger partial charge in [-0.1, -0.05) is 30.3 Å². The fourth-order valence-corrected chi connectivity index (χ4v) is 3.84. The zero-order valence-electron chi connectivity index (χ0n) is 16.0. The average molecular weight is 451 g/mol. The molecule has 2 heterocycles. The number of allylic oxidation sites excluding steroid dienone is 1. The predicted molar refractivity (Wildman–Crippen MR) is 117 cm³/mol.